The van der Waals surface area contributed by atoms with Gasteiger partial charge in [0.2, 0.25) is 17.8 Å². The average molecular weight is 353 g/mol. The number of carbonyl (C=O) groups is 1. The van der Waals surface area contributed by atoms with Crippen molar-refractivity contribution in [2.75, 3.05) is 24.7 Å². The highest BCUT2D eigenvalue weighted by molar-refractivity contribution is 8.01. The summed E-state index contributed by atoms with van der Waals surface area (Å²) >= 11 is 2.98. The lowest BCUT2D eigenvalue weighted by Crippen LogP contribution is -2.16. The van der Waals surface area contributed by atoms with E-state index < -0.39 is 0 Å². The number of hydrogen-bond acceptors (Lipinski definition) is 9. The van der Waals surface area contributed by atoms with Crippen LogP contribution in [0.2, 0.25) is 0 Å². The van der Waals surface area contributed by atoms with Crippen molar-refractivity contribution < 1.29 is 4.79 Å². The number of thiazole rings is 1. The molecular weight excluding hydrogens is 334 g/mol. The fourth-order valence-corrected chi connectivity index (χ4v) is 4.19. The van der Waals surface area contributed by atoms with Gasteiger partial charge in [-0.1, -0.05) is 11.8 Å². The van der Waals surface area contributed by atoms with Crippen LogP contribution in [-0.4, -0.2) is 39.9 Å². The summed E-state index contributed by atoms with van der Waals surface area (Å²) in [4.78, 5) is 30.9. The summed E-state index contributed by atoms with van der Waals surface area (Å²) in [5.74, 6) is 0.943. The minimum Gasteiger partial charge on any atom is -0.369 e. The molecule has 0 saturated heterocycles. The van der Waals surface area contributed by atoms with E-state index >= 15 is 0 Å². The van der Waals surface area contributed by atoms with Crippen LogP contribution < -0.4 is 16.4 Å². The minimum absolute atomic E-state index is 0.0500. The van der Waals surface area contributed by atoms with Crippen LogP contribution in [0.1, 0.15) is 28.6 Å². The molecule has 0 bridgehead atoms. The van der Waals surface area contributed by atoms with Crippen molar-refractivity contribution in [3.05, 3.63) is 16.4 Å². The van der Waals surface area contributed by atoms with Gasteiger partial charge in [0.15, 0.2) is 4.34 Å². The quantitative estimate of drug-likeness (QED) is 0.742. The Hall–Kier alpha value is -1.94. The van der Waals surface area contributed by atoms with Crippen LogP contribution >= 0.6 is 23.1 Å². The second kappa shape index (κ2) is 7.09. The number of aryl methyl sites for hydroxylation is 1. The maximum atomic E-state index is 11.1. The molecule has 10 heteroatoms. The summed E-state index contributed by atoms with van der Waals surface area (Å²) in [7, 11) is 3.69. The second-order valence-corrected chi connectivity index (χ2v) is 7.81. The Bertz CT molecular complexity index is 716. The van der Waals surface area contributed by atoms with Gasteiger partial charge in [0, 0.05) is 19.0 Å². The zero-order valence-electron chi connectivity index (χ0n) is 13.4. The van der Waals surface area contributed by atoms with Crippen molar-refractivity contribution in [3.63, 3.8) is 0 Å². The molecule has 2 rings (SSSR count). The summed E-state index contributed by atoms with van der Waals surface area (Å²) in [5, 5.41) is -0.0500. The highest BCUT2D eigenvalue weighted by Crippen LogP contribution is 2.37. The number of nitrogens with zero attached hydrogens (tertiary/aromatic N) is 5. The van der Waals surface area contributed by atoms with Gasteiger partial charge in [-0.25, -0.2) is 4.98 Å². The Kier molecular flexibility index (Phi) is 5.37. The third-order valence-electron chi connectivity index (χ3n) is 2.91. The molecule has 2 aromatic heterocycles. The highest BCUT2D eigenvalue weighted by Gasteiger charge is 2.18. The van der Waals surface area contributed by atoms with Crippen molar-refractivity contribution >= 4 is 40.9 Å². The van der Waals surface area contributed by atoms with Crippen molar-refractivity contribution in [3.8, 4) is 0 Å². The lowest BCUT2D eigenvalue weighted by molar-refractivity contribution is -0.117. The van der Waals surface area contributed by atoms with E-state index in [-0.39, 0.29) is 23.5 Å². The molecule has 0 aliphatic carbocycles. The smallest absolute Gasteiger partial charge is 0.229 e. The molecule has 2 aromatic rings. The van der Waals surface area contributed by atoms with Gasteiger partial charge in [-0.2, -0.15) is 15.0 Å². The van der Waals surface area contributed by atoms with Crippen LogP contribution in [0, 0.1) is 6.92 Å². The predicted molar refractivity (Wildman–Crippen MR) is 92.6 cm³/mol. The molecule has 4 N–H and O–H groups in total. The van der Waals surface area contributed by atoms with Gasteiger partial charge in [-0.15, -0.1) is 11.3 Å². The van der Waals surface area contributed by atoms with Crippen molar-refractivity contribution in [2.45, 2.75) is 29.9 Å². The third kappa shape index (κ3) is 4.52. The number of thioether (sulfide) groups is 1. The first-order valence-electron chi connectivity index (χ1n) is 6.86. The fraction of sp³-hybridized carbons (Fsp3) is 0.462. The topological polar surface area (TPSA) is 124 Å². The van der Waals surface area contributed by atoms with E-state index in [0.717, 1.165) is 14.9 Å². The van der Waals surface area contributed by atoms with Crippen LogP contribution in [0.15, 0.2) is 4.34 Å². The van der Waals surface area contributed by atoms with E-state index in [1.54, 1.807) is 4.90 Å². The SMILES string of the molecule is Cc1nc(SC(C)c2nc(N)nc(N(C)C)n2)sc1CC(N)=O. The molecule has 0 aliphatic rings. The van der Waals surface area contributed by atoms with Crippen LogP contribution in [-0.2, 0) is 11.2 Å². The van der Waals surface area contributed by atoms with Gasteiger partial charge in [-0.3, -0.25) is 4.79 Å². The second-order valence-electron chi connectivity index (χ2n) is 5.14. The van der Waals surface area contributed by atoms with Crippen molar-refractivity contribution in [1.82, 2.24) is 19.9 Å². The summed E-state index contributed by atoms with van der Waals surface area (Å²) < 4.78 is 0.844. The first kappa shape index (κ1) is 17.4. The van der Waals surface area contributed by atoms with E-state index in [4.69, 9.17) is 11.5 Å². The Labute approximate surface area is 142 Å². The number of primary amides is 1. The van der Waals surface area contributed by atoms with Crippen LogP contribution in [0.3, 0.4) is 0 Å². The number of nitrogen functional groups attached to an aromatic ring is 1. The normalized spacial score (nSPS) is 12.2. The number of aromatic nitrogens is 4. The summed E-state index contributed by atoms with van der Waals surface area (Å²) in [6.07, 6.45) is 0.210. The average Bonchev–Trinajstić information content (AvgIpc) is 2.77. The Balaban J connectivity index is 2.19. The molecule has 0 radical (unpaired) electrons. The minimum atomic E-state index is -0.359. The van der Waals surface area contributed by atoms with E-state index in [1.165, 1.54) is 23.1 Å². The molecule has 23 heavy (non-hydrogen) atoms. The molecule has 1 unspecified atom stereocenters. The molecule has 2 heterocycles. The number of nitrogens with two attached hydrogens (primary N) is 2. The molecule has 1 amide bonds. The summed E-state index contributed by atoms with van der Waals surface area (Å²) in [6.45, 7) is 3.85. The Morgan fingerprint density at radius 1 is 1.30 bits per heavy atom. The van der Waals surface area contributed by atoms with Crippen LogP contribution in [0.5, 0.6) is 0 Å². The van der Waals surface area contributed by atoms with Crippen molar-refractivity contribution in [1.29, 1.82) is 0 Å². The highest BCUT2D eigenvalue weighted by atomic mass is 32.2. The maximum Gasteiger partial charge on any atom is 0.229 e. The van der Waals surface area contributed by atoms with E-state index in [0.29, 0.717) is 11.8 Å². The first-order chi connectivity index (χ1) is 10.8. The van der Waals surface area contributed by atoms with E-state index in [2.05, 4.69) is 19.9 Å². The molecule has 0 aromatic carbocycles. The lowest BCUT2D eigenvalue weighted by Gasteiger charge is -2.13. The summed E-state index contributed by atoms with van der Waals surface area (Å²) in [5.41, 5.74) is 11.8. The van der Waals surface area contributed by atoms with Gasteiger partial charge in [-0.05, 0) is 13.8 Å². The predicted octanol–water partition coefficient (Wildman–Crippen LogP) is 1.17. The van der Waals surface area contributed by atoms with E-state index in [9.17, 15) is 4.79 Å². The lowest BCUT2D eigenvalue weighted by atomic mass is 10.3. The largest absolute Gasteiger partial charge is 0.369 e. The van der Waals surface area contributed by atoms with Crippen LogP contribution in [0.25, 0.3) is 0 Å². The van der Waals surface area contributed by atoms with Crippen molar-refractivity contribution in [2.24, 2.45) is 5.73 Å². The van der Waals surface area contributed by atoms with Gasteiger partial charge < -0.3 is 16.4 Å². The van der Waals surface area contributed by atoms with Crippen LogP contribution in [0.4, 0.5) is 11.9 Å². The van der Waals surface area contributed by atoms with E-state index in [1.807, 2.05) is 27.9 Å². The number of anilines is 2. The maximum absolute atomic E-state index is 11.1. The zero-order chi connectivity index (χ0) is 17.1. The number of amides is 1. The first-order valence-corrected chi connectivity index (χ1v) is 8.56. The van der Waals surface area contributed by atoms with Gasteiger partial charge in [0.25, 0.3) is 0 Å². The molecule has 0 saturated carbocycles. The summed E-state index contributed by atoms with van der Waals surface area (Å²) in [6, 6.07) is 0. The number of rotatable bonds is 6. The third-order valence-corrected chi connectivity index (χ3v) is 5.26. The molecule has 0 aliphatic heterocycles. The van der Waals surface area contributed by atoms with Gasteiger partial charge >= 0.3 is 0 Å². The number of hydrogen-bond donors (Lipinski definition) is 2. The molecule has 124 valence electrons. The fourth-order valence-electron chi connectivity index (χ4n) is 1.76. The Morgan fingerprint density at radius 3 is 2.61 bits per heavy atom. The zero-order valence-corrected chi connectivity index (χ0v) is 15.0. The Morgan fingerprint density at radius 2 is 2.00 bits per heavy atom. The van der Waals surface area contributed by atoms with Gasteiger partial charge in [0.05, 0.1) is 17.4 Å². The molecule has 0 fully saturated rings. The standard InChI is InChI=1S/C13H19N7OS2/c1-6-8(5-9(14)21)23-13(16-6)22-7(2)10-17-11(15)19-12(18-10)20(3)4/h7H,5H2,1-4H3,(H2,14,21)(H2,15,17,18,19). The monoisotopic (exact) mass is 353 g/mol. The molecule has 0 spiro atoms. The molecular formula is C13H19N7OS2. The van der Waals surface area contributed by atoms with Gasteiger partial charge in [0.1, 0.15) is 5.82 Å². The molecule has 1 atom stereocenters. The molecule has 8 nitrogen and oxygen atoms in total. The number of carbonyl (C=O) groups excluding carboxylic acids is 1.